The van der Waals surface area contributed by atoms with Crippen LogP contribution in [0, 0.1) is 5.41 Å². The summed E-state index contributed by atoms with van der Waals surface area (Å²) < 4.78 is 16.3. The molecule has 1 spiro atoms. The second-order valence-corrected chi connectivity index (χ2v) is 5.39. The number of aliphatic hydroxyl groups is 1. The van der Waals surface area contributed by atoms with Gasteiger partial charge in [-0.05, 0) is 12.8 Å². The Bertz CT molecular complexity index is 398. The van der Waals surface area contributed by atoms with E-state index in [0.29, 0.717) is 38.9 Å². The fourth-order valence-electron chi connectivity index (χ4n) is 3.54. The molecule has 2 fully saturated rings. The van der Waals surface area contributed by atoms with Gasteiger partial charge in [-0.15, -0.1) is 0 Å². The van der Waals surface area contributed by atoms with Gasteiger partial charge in [-0.2, -0.15) is 0 Å². The normalized spacial score (nSPS) is 41.0. The Morgan fingerprint density at radius 1 is 1.33 bits per heavy atom. The number of carbonyl (C=O) groups excluding carboxylic acids is 1. The first kappa shape index (κ1) is 12.1. The van der Waals surface area contributed by atoms with Crippen LogP contribution in [0.1, 0.15) is 25.7 Å². The predicted molar refractivity (Wildman–Crippen MR) is 61.6 cm³/mol. The van der Waals surface area contributed by atoms with Gasteiger partial charge in [0, 0.05) is 12.8 Å². The van der Waals surface area contributed by atoms with Crippen molar-refractivity contribution in [3.8, 4) is 0 Å². The molecule has 0 aromatic carbocycles. The fraction of sp³-hybridized carbons (Fsp3) is 0.769. The number of methoxy groups -OCH3 is 1. The van der Waals surface area contributed by atoms with Gasteiger partial charge >= 0.3 is 5.97 Å². The van der Waals surface area contributed by atoms with E-state index in [1.54, 1.807) is 6.08 Å². The molecule has 100 valence electrons. The van der Waals surface area contributed by atoms with Crippen LogP contribution in [0.4, 0.5) is 0 Å². The molecule has 3 rings (SSSR count). The number of allylic oxidation sites excluding steroid dienone is 1. The van der Waals surface area contributed by atoms with Crippen LogP contribution in [0.25, 0.3) is 0 Å². The lowest BCUT2D eigenvalue weighted by Crippen LogP contribution is -2.59. The van der Waals surface area contributed by atoms with Crippen LogP contribution in [0.5, 0.6) is 0 Å². The van der Waals surface area contributed by atoms with Gasteiger partial charge in [0.15, 0.2) is 5.79 Å². The van der Waals surface area contributed by atoms with Crippen LogP contribution in [-0.2, 0) is 19.0 Å². The number of carbonyl (C=O) groups is 1. The number of esters is 1. The highest BCUT2D eigenvalue weighted by Gasteiger charge is 2.65. The molecular formula is C13H18O5. The number of fused-ring (bicyclic) bond motifs is 1. The number of rotatable bonds is 1. The van der Waals surface area contributed by atoms with Crippen LogP contribution in [0.3, 0.4) is 0 Å². The van der Waals surface area contributed by atoms with Gasteiger partial charge < -0.3 is 19.3 Å². The van der Waals surface area contributed by atoms with Gasteiger partial charge in [-0.3, -0.25) is 4.79 Å². The predicted octanol–water partition coefficient (Wildman–Crippen LogP) is 0.764. The maximum atomic E-state index is 12.2. The van der Waals surface area contributed by atoms with E-state index in [2.05, 4.69) is 0 Å². The lowest BCUT2D eigenvalue weighted by atomic mass is 9.62. The Labute approximate surface area is 106 Å². The van der Waals surface area contributed by atoms with E-state index < -0.39 is 16.8 Å². The topological polar surface area (TPSA) is 65.0 Å². The van der Waals surface area contributed by atoms with Crippen molar-refractivity contribution < 1.29 is 24.1 Å². The Balaban J connectivity index is 1.97. The molecule has 0 radical (unpaired) electrons. The molecule has 1 aliphatic heterocycles. The van der Waals surface area contributed by atoms with E-state index in [1.165, 1.54) is 7.11 Å². The summed E-state index contributed by atoms with van der Waals surface area (Å²) in [6.45, 7) is 1.09. The van der Waals surface area contributed by atoms with Crippen molar-refractivity contribution in [2.45, 2.75) is 37.1 Å². The van der Waals surface area contributed by atoms with Gasteiger partial charge in [0.1, 0.15) is 5.41 Å². The second-order valence-electron chi connectivity index (χ2n) is 5.39. The van der Waals surface area contributed by atoms with Gasteiger partial charge in [-0.25, -0.2) is 0 Å². The zero-order valence-corrected chi connectivity index (χ0v) is 10.5. The summed E-state index contributed by atoms with van der Waals surface area (Å²) in [5.74, 6) is -1.10. The molecule has 0 amide bonds. The zero-order valence-electron chi connectivity index (χ0n) is 10.5. The SMILES string of the molecule is COC(=O)[C@@]12CC=C[C@]1(O)CCC1(C2)OCCO1. The molecule has 1 heterocycles. The van der Waals surface area contributed by atoms with Gasteiger partial charge in [0.2, 0.25) is 0 Å². The smallest absolute Gasteiger partial charge is 0.315 e. The summed E-state index contributed by atoms with van der Waals surface area (Å²) in [5, 5.41) is 10.7. The van der Waals surface area contributed by atoms with E-state index in [0.717, 1.165) is 0 Å². The molecule has 1 N–H and O–H groups in total. The average molecular weight is 254 g/mol. The molecule has 1 saturated heterocycles. The van der Waals surface area contributed by atoms with E-state index >= 15 is 0 Å². The number of hydrogen-bond donors (Lipinski definition) is 1. The van der Waals surface area contributed by atoms with Gasteiger partial charge in [0.25, 0.3) is 0 Å². The van der Waals surface area contributed by atoms with Crippen LogP contribution in [0.2, 0.25) is 0 Å². The van der Waals surface area contributed by atoms with Crippen molar-refractivity contribution in [1.29, 1.82) is 0 Å². The second kappa shape index (κ2) is 3.79. The lowest BCUT2D eigenvalue weighted by Gasteiger charge is -2.49. The molecule has 2 aliphatic carbocycles. The van der Waals surface area contributed by atoms with E-state index in [-0.39, 0.29) is 5.97 Å². The number of hydrogen-bond acceptors (Lipinski definition) is 5. The van der Waals surface area contributed by atoms with Crippen molar-refractivity contribution in [2.75, 3.05) is 20.3 Å². The quantitative estimate of drug-likeness (QED) is 0.553. The third-order valence-corrected chi connectivity index (χ3v) is 4.54. The summed E-state index contributed by atoms with van der Waals surface area (Å²) >= 11 is 0. The summed E-state index contributed by atoms with van der Waals surface area (Å²) in [4.78, 5) is 12.2. The minimum Gasteiger partial charge on any atom is -0.468 e. The summed E-state index contributed by atoms with van der Waals surface area (Å²) in [5.41, 5.74) is -2.08. The standard InChI is InChI=1S/C13H18O5/c1-16-10(14)11-3-2-4-12(11,15)5-6-13(9-11)17-7-8-18-13/h2,4,15H,3,5-9H2,1H3/t11-,12-/m0/s1. The molecule has 2 atom stereocenters. The third-order valence-electron chi connectivity index (χ3n) is 4.54. The van der Waals surface area contributed by atoms with E-state index in [9.17, 15) is 9.90 Å². The molecule has 0 unspecified atom stereocenters. The Hall–Kier alpha value is -0.910. The van der Waals surface area contributed by atoms with Crippen molar-refractivity contribution in [3.05, 3.63) is 12.2 Å². The lowest BCUT2D eigenvalue weighted by molar-refractivity contribution is -0.241. The average Bonchev–Trinajstić information content (AvgIpc) is 2.95. The van der Waals surface area contributed by atoms with Crippen LogP contribution in [-0.4, -0.2) is 42.8 Å². The minimum absolute atomic E-state index is 0.357. The van der Waals surface area contributed by atoms with Crippen LogP contribution < -0.4 is 0 Å². The van der Waals surface area contributed by atoms with Gasteiger partial charge in [0.05, 0.1) is 25.9 Å². The minimum atomic E-state index is -1.12. The summed E-state index contributed by atoms with van der Waals surface area (Å²) in [7, 11) is 1.35. The molecule has 0 aromatic heterocycles. The van der Waals surface area contributed by atoms with E-state index in [4.69, 9.17) is 14.2 Å². The Morgan fingerprint density at radius 2 is 2.06 bits per heavy atom. The molecular weight excluding hydrogens is 236 g/mol. The van der Waals surface area contributed by atoms with Crippen molar-refractivity contribution >= 4 is 5.97 Å². The first-order chi connectivity index (χ1) is 8.56. The van der Waals surface area contributed by atoms with Crippen LogP contribution in [0.15, 0.2) is 12.2 Å². The maximum Gasteiger partial charge on any atom is 0.315 e. The first-order valence-corrected chi connectivity index (χ1v) is 6.32. The summed E-state index contributed by atoms with van der Waals surface area (Å²) in [6, 6.07) is 0. The van der Waals surface area contributed by atoms with E-state index in [1.807, 2.05) is 6.08 Å². The monoisotopic (exact) mass is 254 g/mol. The van der Waals surface area contributed by atoms with Gasteiger partial charge in [-0.1, -0.05) is 12.2 Å². The molecule has 5 nitrogen and oxygen atoms in total. The Kier molecular flexibility index (Phi) is 2.56. The van der Waals surface area contributed by atoms with Crippen molar-refractivity contribution in [2.24, 2.45) is 5.41 Å². The molecule has 3 aliphatic rings. The molecule has 5 heteroatoms. The largest absolute Gasteiger partial charge is 0.468 e. The fourth-order valence-corrected chi connectivity index (χ4v) is 3.54. The summed E-state index contributed by atoms with van der Waals surface area (Å²) in [6.07, 6.45) is 5.47. The van der Waals surface area contributed by atoms with Crippen LogP contribution >= 0.6 is 0 Å². The maximum absolute atomic E-state index is 12.2. The van der Waals surface area contributed by atoms with Crippen molar-refractivity contribution in [3.63, 3.8) is 0 Å². The molecule has 1 saturated carbocycles. The molecule has 0 aromatic rings. The number of ether oxygens (including phenoxy) is 3. The van der Waals surface area contributed by atoms with Crippen molar-refractivity contribution in [1.82, 2.24) is 0 Å². The molecule has 0 bridgehead atoms. The highest BCUT2D eigenvalue weighted by molar-refractivity contribution is 5.80. The zero-order chi connectivity index (χ0) is 12.9. The molecule has 18 heavy (non-hydrogen) atoms. The third kappa shape index (κ3) is 1.41. The Morgan fingerprint density at radius 3 is 2.72 bits per heavy atom. The highest BCUT2D eigenvalue weighted by atomic mass is 16.7. The highest BCUT2D eigenvalue weighted by Crippen LogP contribution is 2.57. The first-order valence-electron chi connectivity index (χ1n) is 6.32.